The highest BCUT2D eigenvalue weighted by Gasteiger charge is 2.35. The molecule has 0 bridgehead atoms. The van der Waals surface area contributed by atoms with Crippen molar-refractivity contribution in [2.45, 2.75) is 25.3 Å². The molecular formula is C20H19BrCl2O4. The molecule has 0 saturated heterocycles. The standard InChI is InChI=1S/C20H19BrCl2O4/c1-20(2,12-26-17(24)10-13-6-4-3-5-7-13)18(25)19(21)27-16-9-8-14(22)11-15(16)23/h3-9,11,19H,10,12H2,1-2H3. The van der Waals surface area contributed by atoms with Crippen molar-refractivity contribution in [1.29, 1.82) is 0 Å². The second kappa shape index (κ2) is 9.58. The molecule has 0 aliphatic rings. The van der Waals surface area contributed by atoms with Crippen LogP contribution in [-0.2, 0) is 20.7 Å². The van der Waals surface area contributed by atoms with Crippen molar-refractivity contribution in [1.82, 2.24) is 0 Å². The van der Waals surface area contributed by atoms with Crippen LogP contribution >= 0.6 is 39.1 Å². The molecule has 27 heavy (non-hydrogen) atoms. The third-order valence-corrected chi connectivity index (χ3v) is 4.92. The van der Waals surface area contributed by atoms with E-state index in [1.807, 2.05) is 30.3 Å². The van der Waals surface area contributed by atoms with Crippen molar-refractivity contribution in [3.8, 4) is 5.75 Å². The first-order valence-electron chi connectivity index (χ1n) is 8.19. The van der Waals surface area contributed by atoms with Crippen LogP contribution in [0.2, 0.25) is 10.0 Å². The molecule has 0 aromatic heterocycles. The molecule has 0 N–H and O–H groups in total. The molecule has 7 heteroatoms. The van der Waals surface area contributed by atoms with Crippen molar-refractivity contribution in [3.05, 3.63) is 64.1 Å². The van der Waals surface area contributed by atoms with Gasteiger partial charge in [-0.3, -0.25) is 9.59 Å². The Hall–Kier alpha value is -1.56. The number of rotatable bonds is 8. The van der Waals surface area contributed by atoms with E-state index in [0.717, 1.165) is 5.56 Å². The number of alkyl halides is 1. The van der Waals surface area contributed by atoms with Crippen molar-refractivity contribution in [3.63, 3.8) is 0 Å². The van der Waals surface area contributed by atoms with Gasteiger partial charge >= 0.3 is 5.97 Å². The maximum absolute atomic E-state index is 12.7. The SMILES string of the molecule is CC(C)(COC(=O)Cc1ccccc1)C(=O)C(Br)Oc1ccc(Cl)cc1Cl. The average molecular weight is 474 g/mol. The van der Waals surface area contributed by atoms with Crippen molar-refractivity contribution in [2.75, 3.05) is 6.61 Å². The number of carbonyl (C=O) groups is 2. The van der Waals surface area contributed by atoms with Crippen LogP contribution in [0.5, 0.6) is 5.75 Å². The fraction of sp³-hybridized carbons (Fsp3) is 0.300. The summed E-state index contributed by atoms with van der Waals surface area (Å²) in [4.78, 5) is 24.7. The molecular weight excluding hydrogens is 455 g/mol. The van der Waals surface area contributed by atoms with Gasteiger partial charge < -0.3 is 9.47 Å². The van der Waals surface area contributed by atoms with E-state index in [1.165, 1.54) is 6.07 Å². The fourth-order valence-corrected chi connectivity index (χ4v) is 3.46. The van der Waals surface area contributed by atoms with Gasteiger partial charge in [-0.1, -0.05) is 53.5 Å². The van der Waals surface area contributed by atoms with Gasteiger partial charge in [0.15, 0.2) is 5.78 Å². The summed E-state index contributed by atoms with van der Waals surface area (Å²) in [5, 5.41) is -0.179. The lowest BCUT2D eigenvalue weighted by atomic mass is 9.89. The lowest BCUT2D eigenvalue weighted by Crippen LogP contribution is -2.38. The van der Waals surface area contributed by atoms with Crippen LogP contribution in [0.3, 0.4) is 0 Å². The minimum absolute atomic E-state index is 0.0582. The van der Waals surface area contributed by atoms with Crippen LogP contribution in [0.25, 0.3) is 0 Å². The van der Waals surface area contributed by atoms with E-state index in [4.69, 9.17) is 32.7 Å². The quantitative estimate of drug-likeness (QED) is 0.376. The summed E-state index contributed by atoms with van der Waals surface area (Å²) in [7, 11) is 0. The Bertz CT molecular complexity index is 809. The number of hydrogen-bond acceptors (Lipinski definition) is 4. The van der Waals surface area contributed by atoms with Gasteiger partial charge in [-0.2, -0.15) is 0 Å². The van der Waals surface area contributed by atoms with Crippen molar-refractivity contribution in [2.24, 2.45) is 5.41 Å². The summed E-state index contributed by atoms with van der Waals surface area (Å²) in [5.74, 6) is -0.343. The molecule has 144 valence electrons. The van der Waals surface area contributed by atoms with Gasteiger partial charge in [-0.15, -0.1) is 0 Å². The summed E-state index contributed by atoms with van der Waals surface area (Å²) in [6.07, 6.45) is 0.153. The minimum atomic E-state index is -0.945. The molecule has 2 aromatic rings. The number of Topliss-reactive ketones (excluding diaryl/α,β-unsaturated/α-hetero) is 1. The maximum atomic E-state index is 12.7. The van der Waals surface area contributed by atoms with Gasteiger partial charge in [0.2, 0.25) is 5.01 Å². The predicted octanol–water partition coefficient (Wildman–Crippen LogP) is 5.47. The smallest absolute Gasteiger partial charge is 0.310 e. The van der Waals surface area contributed by atoms with Crippen LogP contribution in [0.1, 0.15) is 19.4 Å². The zero-order chi connectivity index (χ0) is 20.0. The number of halogens is 3. The van der Waals surface area contributed by atoms with Gasteiger partial charge in [0.1, 0.15) is 12.4 Å². The molecule has 2 rings (SSSR count). The largest absolute Gasteiger partial charge is 0.470 e. The van der Waals surface area contributed by atoms with E-state index in [-0.39, 0.29) is 18.8 Å². The third-order valence-electron chi connectivity index (χ3n) is 3.78. The van der Waals surface area contributed by atoms with E-state index in [2.05, 4.69) is 15.9 Å². The molecule has 0 aliphatic carbocycles. The van der Waals surface area contributed by atoms with Gasteiger partial charge in [0.05, 0.1) is 16.9 Å². The van der Waals surface area contributed by atoms with Crippen LogP contribution in [0.4, 0.5) is 0 Å². The summed E-state index contributed by atoms with van der Waals surface area (Å²) in [6.45, 7) is 3.32. The predicted molar refractivity (Wildman–Crippen MR) is 110 cm³/mol. The molecule has 0 heterocycles. The van der Waals surface area contributed by atoms with Crippen LogP contribution in [0.15, 0.2) is 48.5 Å². The number of benzene rings is 2. The van der Waals surface area contributed by atoms with E-state index in [1.54, 1.807) is 26.0 Å². The molecule has 1 unspecified atom stereocenters. The van der Waals surface area contributed by atoms with Crippen LogP contribution in [0, 0.1) is 5.41 Å². The number of ketones is 1. The van der Waals surface area contributed by atoms with Crippen LogP contribution in [-0.4, -0.2) is 23.4 Å². The molecule has 0 fully saturated rings. The van der Waals surface area contributed by atoms with Crippen molar-refractivity contribution >= 4 is 50.9 Å². The molecule has 4 nitrogen and oxygen atoms in total. The average Bonchev–Trinajstić information content (AvgIpc) is 2.62. The Morgan fingerprint density at radius 3 is 2.41 bits per heavy atom. The highest BCUT2D eigenvalue weighted by atomic mass is 79.9. The Balaban J connectivity index is 1.92. The summed E-state index contributed by atoms with van der Waals surface area (Å²) >= 11 is 15.1. The lowest BCUT2D eigenvalue weighted by molar-refractivity contribution is -0.149. The minimum Gasteiger partial charge on any atom is -0.470 e. The zero-order valence-corrected chi connectivity index (χ0v) is 18.0. The first-order valence-corrected chi connectivity index (χ1v) is 9.86. The monoisotopic (exact) mass is 472 g/mol. The van der Waals surface area contributed by atoms with Gasteiger partial charge in [-0.05, 0) is 53.5 Å². The molecule has 0 radical (unpaired) electrons. The molecule has 0 spiro atoms. The first kappa shape index (κ1) is 21.7. The zero-order valence-electron chi connectivity index (χ0n) is 14.9. The third kappa shape index (κ3) is 6.52. The van der Waals surface area contributed by atoms with E-state index in [9.17, 15) is 9.59 Å². The summed E-state index contributed by atoms with van der Waals surface area (Å²) in [6, 6.07) is 14.0. The topological polar surface area (TPSA) is 52.6 Å². The highest BCUT2D eigenvalue weighted by Crippen LogP contribution is 2.31. The Kier molecular flexibility index (Phi) is 7.71. The van der Waals surface area contributed by atoms with Crippen molar-refractivity contribution < 1.29 is 19.1 Å². The van der Waals surface area contributed by atoms with Gasteiger partial charge in [0, 0.05) is 5.02 Å². The Labute approximate surface area is 176 Å². The number of hydrogen-bond donors (Lipinski definition) is 0. The van der Waals surface area contributed by atoms with Gasteiger partial charge in [0.25, 0.3) is 0 Å². The summed E-state index contributed by atoms with van der Waals surface area (Å²) < 4.78 is 10.9. The molecule has 0 amide bonds. The maximum Gasteiger partial charge on any atom is 0.310 e. The Morgan fingerprint density at radius 1 is 1.11 bits per heavy atom. The molecule has 0 saturated carbocycles. The molecule has 0 aliphatic heterocycles. The number of carbonyl (C=O) groups excluding carboxylic acids is 2. The molecule has 2 aromatic carbocycles. The molecule has 1 atom stereocenters. The highest BCUT2D eigenvalue weighted by molar-refractivity contribution is 9.09. The second-order valence-electron chi connectivity index (χ2n) is 6.58. The Morgan fingerprint density at radius 2 is 1.78 bits per heavy atom. The van der Waals surface area contributed by atoms with E-state index < -0.39 is 16.4 Å². The lowest BCUT2D eigenvalue weighted by Gasteiger charge is -2.25. The summed E-state index contributed by atoms with van der Waals surface area (Å²) in [5.41, 5.74) is -0.0925. The van der Waals surface area contributed by atoms with E-state index >= 15 is 0 Å². The fourth-order valence-electron chi connectivity index (χ4n) is 2.19. The van der Waals surface area contributed by atoms with Gasteiger partial charge in [-0.25, -0.2) is 0 Å². The first-order chi connectivity index (χ1) is 12.7. The second-order valence-corrected chi connectivity index (χ2v) is 8.26. The normalized spacial score (nSPS) is 12.3. The van der Waals surface area contributed by atoms with Crippen LogP contribution < -0.4 is 4.74 Å². The number of esters is 1. The van der Waals surface area contributed by atoms with E-state index in [0.29, 0.717) is 15.8 Å². The number of ether oxygens (including phenoxy) is 2.